The summed E-state index contributed by atoms with van der Waals surface area (Å²) in [6.45, 7) is 5.65. The lowest BCUT2D eigenvalue weighted by molar-refractivity contribution is -0.123. The SMILES string of the molecule is CCN1CCCCC1CNC(=O)C1CC(O)CN1. The molecular weight excluding hydrogens is 230 g/mol. The molecule has 0 bridgehead atoms. The van der Waals surface area contributed by atoms with Gasteiger partial charge < -0.3 is 15.7 Å². The summed E-state index contributed by atoms with van der Waals surface area (Å²) in [4.78, 5) is 14.4. The van der Waals surface area contributed by atoms with E-state index in [1.165, 1.54) is 19.3 Å². The van der Waals surface area contributed by atoms with Crippen molar-refractivity contribution in [1.29, 1.82) is 0 Å². The Morgan fingerprint density at radius 2 is 2.33 bits per heavy atom. The van der Waals surface area contributed by atoms with Gasteiger partial charge in [0.25, 0.3) is 0 Å². The molecule has 0 aromatic rings. The van der Waals surface area contributed by atoms with Crippen LogP contribution < -0.4 is 10.6 Å². The molecular formula is C13H25N3O2. The van der Waals surface area contributed by atoms with E-state index in [1.807, 2.05) is 0 Å². The number of nitrogens with zero attached hydrogens (tertiary/aromatic N) is 1. The summed E-state index contributed by atoms with van der Waals surface area (Å²) in [5, 5.41) is 15.5. The molecule has 2 aliphatic heterocycles. The van der Waals surface area contributed by atoms with Crippen molar-refractivity contribution in [2.75, 3.05) is 26.2 Å². The largest absolute Gasteiger partial charge is 0.392 e. The van der Waals surface area contributed by atoms with Gasteiger partial charge in [-0.05, 0) is 32.4 Å². The van der Waals surface area contributed by atoms with Gasteiger partial charge >= 0.3 is 0 Å². The number of carbonyl (C=O) groups excluding carboxylic acids is 1. The fraction of sp³-hybridized carbons (Fsp3) is 0.923. The third-order valence-corrected chi connectivity index (χ3v) is 4.09. The maximum absolute atomic E-state index is 11.9. The van der Waals surface area contributed by atoms with Gasteiger partial charge in [0.05, 0.1) is 12.1 Å². The Kier molecular flexibility index (Phi) is 4.97. The first-order valence-corrected chi connectivity index (χ1v) is 7.14. The molecule has 0 aromatic heterocycles. The second-order valence-corrected chi connectivity index (χ2v) is 5.37. The van der Waals surface area contributed by atoms with Crippen molar-refractivity contribution in [3.63, 3.8) is 0 Å². The zero-order valence-corrected chi connectivity index (χ0v) is 11.2. The lowest BCUT2D eigenvalue weighted by atomic mass is 10.0. The Morgan fingerprint density at radius 1 is 1.50 bits per heavy atom. The normalized spacial score (nSPS) is 33.6. The molecule has 18 heavy (non-hydrogen) atoms. The second kappa shape index (κ2) is 6.50. The molecule has 0 aliphatic carbocycles. The van der Waals surface area contributed by atoms with Crippen molar-refractivity contribution in [1.82, 2.24) is 15.5 Å². The Hall–Kier alpha value is -0.650. The molecule has 0 saturated carbocycles. The predicted octanol–water partition coefficient (Wildman–Crippen LogP) is -0.300. The Bertz CT molecular complexity index is 285. The first-order valence-electron chi connectivity index (χ1n) is 7.14. The van der Waals surface area contributed by atoms with Crippen LogP contribution in [0.25, 0.3) is 0 Å². The second-order valence-electron chi connectivity index (χ2n) is 5.37. The van der Waals surface area contributed by atoms with Gasteiger partial charge in [0.1, 0.15) is 0 Å². The van der Waals surface area contributed by atoms with Crippen molar-refractivity contribution in [3.05, 3.63) is 0 Å². The van der Waals surface area contributed by atoms with Crippen molar-refractivity contribution < 1.29 is 9.90 Å². The summed E-state index contributed by atoms with van der Waals surface area (Å²) in [6.07, 6.45) is 3.87. The predicted molar refractivity (Wildman–Crippen MR) is 70.3 cm³/mol. The average molecular weight is 255 g/mol. The zero-order valence-electron chi connectivity index (χ0n) is 11.2. The first-order chi connectivity index (χ1) is 8.70. The van der Waals surface area contributed by atoms with E-state index in [1.54, 1.807) is 0 Å². The van der Waals surface area contributed by atoms with Crippen LogP contribution in [0.2, 0.25) is 0 Å². The van der Waals surface area contributed by atoms with Crippen LogP contribution in [0.3, 0.4) is 0 Å². The van der Waals surface area contributed by atoms with Crippen molar-refractivity contribution in [2.24, 2.45) is 0 Å². The van der Waals surface area contributed by atoms with E-state index in [9.17, 15) is 9.90 Å². The molecule has 2 fully saturated rings. The van der Waals surface area contributed by atoms with Crippen molar-refractivity contribution >= 4 is 5.91 Å². The average Bonchev–Trinajstić information content (AvgIpc) is 2.83. The lowest BCUT2D eigenvalue weighted by Crippen LogP contribution is -2.49. The molecule has 3 unspecified atom stereocenters. The topological polar surface area (TPSA) is 64.6 Å². The molecule has 2 aliphatic rings. The van der Waals surface area contributed by atoms with Gasteiger partial charge in [0, 0.05) is 19.1 Å². The highest BCUT2D eigenvalue weighted by Crippen LogP contribution is 2.16. The van der Waals surface area contributed by atoms with E-state index in [2.05, 4.69) is 22.5 Å². The van der Waals surface area contributed by atoms with Crippen LogP contribution in [0.15, 0.2) is 0 Å². The number of aliphatic hydroxyl groups is 1. The Balaban J connectivity index is 1.74. The highest BCUT2D eigenvalue weighted by atomic mass is 16.3. The van der Waals surface area contributed by atoms with E-state index in [4.69, 9.17) is 0 Å². The minimum absolute atomic E-state index is 0.0353. The number of amides is 1. The molecule has 2 saturated heterocycles. The van der Waals surface area contributed by atoms with E-state index >= 15 is 0 Å². The number of aliphatic hydroxyl groups excluding tert-OH is 1. The molecule has 0 aromatic carbocycles. The summed E-state index contributed by atoms with van der Waals surface area (Å²) in [5.41, 5.74) is 0. The van der Waals surface area contributed by atoms with E-state index in [0.29, 0.717) is 19.0 Å². The van der Waals surface area contributed by atoms with Gasteiger partial charge in [-0.15, -0.1) is 0 Å². The number of rotatable bonds is 4. The number of piperidine rings is 1. The van der Waals surface area contributed by atoms with Crippen LogP contribution in [0.4, 0.5) is 0 Å². The number of carbonyl (C=O) groups is 1. The summed E-state index contributed by atoms with van der Waals surface area (Å²) < 4.78 is 0. The molecule has 104 valence electrons. The molecule has 3 N–H and O–H groups in total. The number of β-amino-alcohol motifs (C(OH)–C–C–N with tert-alkyl or cyclic N) is 1. The zero-order chi connectivity index (χ0) is 13.0. The molecule has 2 heterocycles. The quantitative estimate of drug-likeness (QED) is 0.645. The van der Waals surface area contributed by atoms with Crippen LogP contribution in [-0.4, -0.2) is 60.3 Å². The number of likely N-dealkylation sites (N-methyl/N-ethyl adjacent to an activating group) is 1. The number of hydrogen-bond acceptors (Lipinski definition) is 4. The molecule has 3 atom stereocenters. The smallest absolute Gasteiger partial charge is 0.237 e. The van der Waals surface area contributed by atoms with Crippen LogP contribution in [0.1, 0.15) is 32.6 Å². The maximum Gasteiger partial charge on any atom is 0.237 e. The monoisotopic (exact) mass is 255 g/mol. The van der Waals surface area contributed by atoms with Gasteiger partial charge in [-0.25, -0.2) is 0 Å². The molecule has 1 amide bonds. The van der Waals surface area contributed by atoms with E-state index < -0.39 is 0 Å². The van der Waals surface area contributed by atoms with Gasteiger partial charge in [-0.3, -0.25) is 9.69 Å². The van der Waals surface area contributed by atoms with Crippen molar-refractivity contribution in [2.45, 2.75) is 50.8 Å². The van der Waals surface area contributed by atoms with Crippen molar-refractivity contribution in [3.8, 4) is 0 Å². The van der Waals surface area contributed by atoms with Gasteiger partial charge in [-0.1, -0.05) is 13.3 Å². The number of likely N-dealkylation sites (tertiary alicyclic amines) is 1. The van der Waals surface area contributed by atoms with E-state index in [-0.39, 0.29) is 18.1 Å². The summed E-state index contributed by atoms with van der Waals surface area (Å²) in [6, 6.07) is 0.276. The van der Waals surface area contributed by atoms with Gasteiger partial charge in [-0.2, -0.15) is 0 Å². The van der Waals surface area contributed by atoms with E-state index in [0.717, 1.165) is 19.6 Å². The van der Waals surface area contributed by atoms with Crippen LogP contribution in [-0.2, 0) is 4.79 Å². The standard InChI is InChI=1S/C13H25N3O2/c1-2-16-6-4-3-5-10(16)8-15-13(18)12-7-11(17)9-14-12/h10-12,14,17H,2-9H2,1H3,(H,15,18). The summed E-state index contributed by atoms with van der Waals surface area (Å²) >= 11 is 0. The number of hydrogen-bond donors (Lipinski definition) is 3. The third-order valence-electron chi connectivity index (χ3n) is 4.09. The minimum atomic E-state index is -0.373. The maximum atomic E-state index is 11.9. The highest BCUT2D eigenvalue weighted by Gasteiger charge is 2.29. The fourth-order valence-electron chi connectivity index (χ4n) is 2.97. The molecule has 5 nitrogen and oxygen atoms in total. The fourth-order valence-corrected chi connectivity index (χ4v) is 2.97. The van der Waals surface area contributed by atoms with Gasteiger partial charge in [0.15, 0.2) is 0 Å². The molecule has 0 radical (unpaired) electrons. The number of nitrogens with one attached hydrogen (secondary N) is 2. The van der Waals surface area contributed by atoms with Gasteiger partial charge in [0.2, 0.25) is 5.91 Å². The van der Waals surface area contributed by atoms with Crippen LogP contribution in [0.5, 0.6) is 0 Å². The van der Waals surface area contributed by atoms with Crippen LogP contribution >= 0.6 is 0 Å². The highest BCUT2D eigenvalue weighted by molar-refractivity contribution is 5.82. The lowest BCUT2D eigenvalue weighted by Gasteiger charge is -2.35. The molecule has 0 spiro atoms. The molecule has 2 rings (SSSR count). The third kappa shape index (κ3) is 3.43. The minimum Gasteiger partial charge on any atom is -0.392 e. The first kappa shape index (κ1) is 13.8. The Labute approximate surface area is 109 Å². The molecule has 5 heteroatoms. The van der Waals surface area contributed by atoms with Crippen LogP contribution in [0, 0.1) is 0 Å². The Morgan fingerprint density at radius 3 is 3.00 bits per heavy atom. The summed E-state index contributed by atoms with van der Waals surface area (Å²) in [7, 11) is 0. The summed E-state index contributed by atoms with van der Waals surface area (Å²) in [5.74, 6) is 0.0353.